The summed E-state index contributed by atoms with van der Waals surface area (Å²) in [7, 11) is 4.74. The molecule has 0 amide bonds. The lowest BCUT2D eigenvalue weighted by Crippen LogP contribution is -2.33. The number of nitrogens with one attached hydrogen (secondary N) is 1. The maximum Gasteiger partial charge on any atom is 0.227 e. The van der Waals surface area contributed by atoms with Crippen LogP contribution in [0.5, 0.6) is 17.2 Å². The van der Waals surface area contributed by atoms with E-state index in [9.17, 15) is 5.11 Å². The van der Waals surface area contributed by atoms with Crippen LogP contribution in [-0.4, -0.2) is 65.1 Å². The number of ether oxygens (including phenoxy) is 4. The maximum absolute atomic E-state index is 9.74. The van der Waals surface area contributed by atoms with Gasteiger partial charge < -0.3 is 38.8 Å². The van der Waals surface area contributed by atoms with E-state index in [1.165, 1.54) is 0 Å². The number of rotatable bonds is 8. The Labute approximate surface area is 197 Å². The van der Waals surface area contributed by atoms with E-state index in [0.29, 0.717) is 48.0 Å². The molecule has 34 heavy (non-hydrogen) atoms. The number of benzene rings is 1. The van der Waals surface area contributed by atoms with Crippen molar-refractivity contribution in [3.05, 3.63) is 35.9 Å². The van der Waals surface area contributed by atoms with Gasteiger partial charge in [-0.15, -0.1) is 0 Å². The number of fused-ring (bicyclic) bond motifs is 1. The molecule has 2 aromatic heterocycles. The van der Waals surface area contributed by atoms with Crippen molar-refractivity contribution in [2.75, 3.05) is 44.7 Å². The first-order valence-electron chi connectivity index (χ1n) is 11.1. The second-order valence-electron chi connectivity index (χ2n) is 8.14. The van der Waals surface area contributed by atoms with Crippen molar-refractivity contribution >= 4 is 17.6 Å². The minimum absolute atomic E-state index is 0.0347. The summed E-state index contributed by atoms with van der Waals surface area (Å²) >= 11 is 0. The molecule has 0 aliphatic carbocycles. The first kappa shape index (κ1) is 22.2. The van der Waals surface area contributed by atoms with E-state index in [2.05, 4.69) is 15.2 Å². The summed E-state index contributed by atoms with van der Waals surface area (Å²) in [6, 6.07) is 3.74. The second-order valence-corrected chi connectivity index (χ2v) is 8.14. The Bertz CT molecular complexity index is 1160. The molecule has 0 bridgehead atoms. The highest BCUT2D eigenvalue weighted by Crippen LogP contribution is 2.39. The first-order chi connectivity index (χ1) is 16.6. The summed E-state index contributed by atoms with van der Waals surface area (Å²) in [6.45, 7) is 1.78. The Morgan fingerprint density at radius 3 is 2.62 bits per heavy atom. The number of methoxy groups -OCH3 is 3. The number of aliphatic hydroxyl groups is 1. The van der Waals surface area contributed by atoms with Crippen LogP contribution in [-0.2, 0) is 18.0 Å². The molecule has 180 valence electrons. The molecule has 2 N–H and O–H groups in total. The Morgan fingerprint density at radius 1 is 1.12 bits per heavy atom. The molecule has 1 fully saturated rings. The third-order valence-corrected chi connectivity index (χ3v) is 6.19. The van der Waals surface area contributed by atoms with E-state index >= 15 is 0 Å². The highest BCUT2D eigenvalue weighted by atomic mass is 16.5. The fourth-order valence-corrected chi connectivity index (χ4v) is 4.43. The molecule has 5 rings (SSSR count). The van der Waals surface area contributed by atoms with E-state index in [1.54, 1.807) is 27.7 Å². The molecule has 2 aliphatic heterocycles. The van der Waals surface area contributed by atoms with Gasteiger partial charge in [0.05, 0.1) is 64.8 Å². The van der Waals surface area contributed by atoms with Crippen LogP contribution >= 0.6 is 0 Å². The van der Waals surface area contributed by atoms with E-state index in [4.69, 9.17) is 28.9 Å². The Balaban J connectivity index is 1.45. The van der Waals surface area contributed by atoms with Gasteiger partial charge in [0.25, 0.3) is 0 Å². The van der Waals surface area contributed by atoms with Crippen molar-refractivity contribution in [1.82, 2.24) is 19.5 Å². The zero-order chi connectivity index (χ0) is 23.7. The molecule has 0 radical (unpaired) electrons. The second kappa shape index (κ2) is 9.35. The summed E-state index contributed by atoms with van der Waals surface area (Å²) < 4.78 is 23.8. The van der Waals surface area contributed by atoms with Gasteiger partial charge in [-0.3, -0.25) is 0 Å². The number of aliphatic hydroxyl groups excluding tert-OH is 1. The maximum atomic E-state index is 9.74. The molecule has 1 atom stereocenters. The summed E-state index contributed by atoms with van der Waals surface area (Å²) in [5.41, 5.74) is 2.58. The number of aromatic nitrogens is 4. The predicted octanol–water partition coefficient (Wildman–Crippen LogP) is 2.42. The predicted molar refractivity (Wildman–Crippen MR) is 124 cm³/mol. The highest BCUT2D eigenvalue weighted by molar-refractivity contribution is 5.62. The molecule has 0 saturated carbocycles. The molecular weight excluding hydrogens is 440 g/mol. The van der Waals surface area contributed by atoms with Gasteiger partial charge in [-0.25, -0.2) is 9.97 Å². The van der Waals surface area contributed by atoms with E-state index < -0.39 is 0 Å². The SMILES string of the molecule is COc1cc(-n2cnc(Nc3nc(N4CCC[C@@H]4CO)nc4c3COC4)c2)cc(OC)c1OC. The third kappa shape index (κ3) is 3.97. The molecular formula is C23H28N6O5. The summed E-state index contributed by atoms with van der Waals surface area (Å²) in [5, 5.41) is 13.1. The largest absolute Gasteiger partial charge is 0.493 e. The number of imidazole rings is 1. The molecule has 0 spiro atoms. The van der Waals surface area contributed by atoms with Gasteiger partial charge >= 0.3 is 0 Å². The zero-order valence-corrected chi connectivity index (χ0v) is 19.4. The number of hydrogen-bond donors (Lipinski definition) is 2. The zero-order valence-electron chi connectivity index (χ0n) is 19.4. The normalized spacial score (nSPS) is 17.1. The van der Waals surface area contributed by atoms with Gasteiger partial charge in [-0.2, -0.15) is 4.98 Å². The van der Waals surface area contributed by atoms with Gasteiger partial charge in [-0.1, -0.05) is 0 Å². The van der Waals surface area contributed by atoms with Crippen molar-refractivity contribution in [2.45, 2.75) is 32.1 Å². The van der Waals surface area contributed by atoms with E-state index in [-0.39, 0.29) is 12.6 Å². The smallest absolute Gasteiger partial charge is 0.227 e. The number of anilines is 3. The van der Waals surface area contributed by atoms with Crippen LogP contribution in [0.4, 0.5) is 17.6 Å². The lowest BCUT2D eigenvalue weighted by molar-refractivity contribution is 0.133. The molecule has 2 aliphatic rings. The van der Waals surface area contributed by atoms with Crippen molar-refractivity contribution in [3.63, 3.8) is 0 Å². The topological polar surface area (TPSA) is 116 Å². The van der Waals surface area contributed by atoms with Gasteiger partial charge in [-0.05, 0) is 12.8 Å². The number of hydrogen-bond acceptors (Lipinski definition) is 10. The molecule has 4 heterocycles. The van der Waals surface area contributed by atoms with Crippen LogP contribution in [0.2, 0.25) is 0 Å². The van der Waals surface area contributed by atoms with Crippen molar-refractivity contribution in [1.29, 1.82) is 0 Å². The molecule has 1 aromatic carbocycles. The van der Waals surface area contributed by atoms with Gasteiger partial charge in [0.15, 0.2) is 11.5 Å². The van der Waals surface area contributed by atoms with Crippen LogP contribution < -0.4 is 24.4 Å². The third-order valence-electron chi connectivity index (χ3n) is 6.19. The molecule has 3 aromatic rings. The van der Waals surface area contributed by atoms with Crippen molar-refractivity contribution < 1.29 is 24.1 Å². The van der Waals surface area contributed by atoms with Gasteiger partial charge in [0.1, 0.15) is 18.0 Å². The molecule has 1 saturated heterocycles. The standard InChI is InChI=1S/C23H28N6O5/c1-31-18-7-15(8-19(32-2)21(18)33-3)28-9-20(24-13-28)26-22-16-11-34-12-17(16)25-23(27-22)29-6-4-5-14(29)10-30/h7-9,13-14,30H,4-6,10-12H2,1-3H3,(H,25,26,27)/t14-/m1/s1. The number of nitrogens with zero attached hydrogens (tertiary/aromatic N) is 5. The van der Waals surface area contributed by atoms with Crippen molar-refractivity contribution in [2.24, 2.45) is 0 Å². The van der Waals surface area contributed by atoms with Crippen LogP contribution in [0.3, 0.4) is 0 Å². The lowest BCUT2D eigenvalue weighted by atomic mass is 10.2. The Kier molecular flexibility index (Phi) is 6.12. The lowest BCUT2D eigenvalue weighted by Gasteiger charge is -2.24. The molecule has 11 heteroatoms. The quantitative estimate of drug-likeness (QED) is 0.511. The fraction of sp³-hybridized carbons (Fsp3) is 0.435. The molecule has 11 nitrogen and oxygen atoms in total. The summed E-state index contributed by atoms with van der Waals surface area (Å²) in [4.78, 5) is 16.1. The van der Waals surface area contributed by atoms with Crippen LogP contribution in [0.25, 0.3) is 5.69 Å². The summed E-state index contributed by atoms with van der Waals surface area (Å²) in [5.74, 6) is 3.52. The first-order valence-corrected chi connectivity index (χ1v) is 11.1. The minimum atomic E-state index is 0.0347. The summed E-state index contributed by atoms with van der Waals surface area (Å²) in [6.07, 6.45) is 5.49. The molecule has 0 unspecified atom stereocenters. The van der Waals surface area contributed by atoms with Crippen molar-refractivity contribution in [3.8, 4) is 22.9 Å². The van der Waals surface area contributed by atoms with E-state index in [0.717, 1.165) is 36.3 Å². The monoisotopic (exact) mass is 468 g/mol. The highest BCUT2D eigenvalue weighted by Gasteiger charge is 2.29. The Hall–Kier alpha value is -3.57. The minimum Gasteiger partial charge on any atom is -0.493 e. The van der Waals surface area contributed by atoms with Crippen LogP contribution in [0.15, 0.2) is 24.7 Å². The average Bonchev–Trinajstić information content (AvgIpc) is 3.63. The van der Waals surface area contributed by atoms with Crippen LogP contribution in [0, 0.1) is 0 Å². The Morgan fingerprint density at radius 2 is 1.91 bits per heavy atom. The average molecular weight is 469 g/mol. The van der Waals surface area contributed by atoms with Gasteiger partial charge in [0.2, 0.25) is 11.7 Å². The van der Waals surface area contributed by atoms with E-state index in [1.807, 2.05) is 22.9 Å². The van der Waals surface area contributed by atoms with Crippen LogP contribution in [0.1, 0.15) is 24.1 Å². The fourth-order valence-electron chi connectivity index (χ4n) is 4.43. The van der Waals surface area contributed by atoms with Gasteiger partial charge in [0, 0.05) is 24.2 Å².